The number of carbonyl (C=O) groups is 1. The van der Waals surface area contributed by atoms with Crippen LogP contribution in [0.15, 0.2) is 65.7 Å². The summed E-state index contributed by atoms with van der Waals surface area (Å²) >= 11 is 6.11. The van der Waals surface area contributed by atoms with E-state index >= 15 is 0 Å². The number of nitrogens with two attached hydrogens (primary N) is 1. The monoisotopic (exact) mass is 544 g/mol. The first-order valence-corrected chi connectivity index (χ1v) is 13.1. The second kappa shape index (κ2) is 10.1. The van der Waals surface area contributed by atoms with Crippen molar-refractivity contribution < 1.29 is 27.1 Å². The molecule has 2 aromatic heterocycles. The van der Waals surface area contributed by atoms with Gasteiger partial charge in [-0.2, -0.15) is 8.70 Å². The van der Waals surface area contributed by atoms with E-state index in [9.17, 15) is 17.6 Å². The predicted molar refractivity (Wildman–Crippen MR) is 135 cm³/mol. The van der Waals surface area contributed by atoms with Gasteiger partial charge in [-0.3, -0.25) is 4.79 Å². The minimum Gasteiger partial charge on any atom is -0.490 e. The number of nitrogens with zero attached hydrogens (tertiary/aromatic N) is 2. The van der Waals surface area contributed by atoms with Gasteiger partial charge in [0.05, 0.1) is 6.61 Å². The third-order valence-electron chi connectivity index (χ3n) is 6.01. The number of sulfonamides is 1. The Labute approximate surface area is 217 Å². The van der Waals surface area contributed by atoms with Gasteiger partial charge in [-0.1, -0.05) is 29.8 Å². The highest BCUT2D eigenvalue weighted by Gasteiger charge is 2.36. The summed E-state index contributed by atoms with van der Waals surface area (Å²) < 4.78 is 53.7. The summed E-state index contributed by atoms with van der Waals surface area (Å²) in [6.45, 7) is 0.266. The molecule has 1 aliphatic rings. The van der Waals surface area contributed by atoms with E-state index in [1.54, 1.807) is 30.3 Å². The molecule has 1 saturated heterocycles. The van der Waals surface area contributed by atoms with Crippen LogP contribution < -0.4 is 10.5 Å². The molecule has 0 spiro atoms. The molecule has 0 aliphatic carbocycles. The molecule has 1 fully saturated rings. The van der Waals surface area contributed by atoms with Crippen LogP contribution in [0, 0.1) is 5.95 Å². The second-order valence-corrected chi connectivity index (χ2v) is 10.7. The largest absolute Gasteiger partial charge is 0.490 e. The normalized spacial score (nSPS) is 16.6. The molecule has 0 radical (unpaired) electrons. The highest BCUT2D eigenvalue weighted by molar-refractivity contribution is 7.89. The Balaban J connectivity index is 1.38. The molecule has 9 nitrogen and oxygen atoms in total. The number of pyridine rings is 1. The second-order valence-electron chi connectivity index (χ2n) is 8.42. The van der Waals surface area contributed by atoms with Crippen LogP contribution in [0.2, 0.25) is 5.02 Å². The van der Waals surface area contributed by atoms with Crippen molar-refractivity contribution in [3.63, 3.8) is 0 Å². The van der Waals surface area contributed by atoms with Crippen LogP contribution in [0.3, 0.4) is 0 Å². The van der Waals surface area contributed by atoms with Crippen molar-refractivity contribution in [1.82, 2.24) is 14.3 Å². The molecular weight excluding hydrogens is 523 g/mol. The van der Waals surface area contributed by atoms with E-state index in [-0.39, 0.29) is 42.3 Å². The maximum atomic E-state index is 13.7. The average Bonchev–Trinajstić information content (AvgIpc) is 3.28. The fourth-order valence-electron chi connectivity index (χ4n) is 4.27. The van der Waals surface area contributed by atoms with Crippen LogP contribution >= 0.6 is 11.6 Å². The lowest BCUT2D eigenvalue weighted by molar-refractivity contribution is -0.0248. The summed E-state index contributed by atoms with van der Waals surface area (Å²) in [5.41, 5.74) is 7.09. The van der Waals surface area contributed by atoms with E-state index in [0.717, 1.165) is 0 Å². The number of aromatic amines is 1. The zero-order valence-electron chi connectivity index (χ0n) is 19.4. The maximum absolute atomic E-state index is 13.7. The number of aromatic nitrogens is 2. The highest BCUT2D eigenvalue weighted by atomic mass is 35.5. The summed E-state index contributed by atoms with van der Waals surface area (Å²) in [7, 11) is -4.15. The minimum atomic E-state index is -4.15. The average molecular weight is 545 g/mol. The zero-order chi connectivity index (χ0) is 26.2. The molecule has 3 N–H and O–H groups in total. The maximum Gasteiger partial charge on any atom is 0.266 e. The number of nitrogens with one attached hydrogen (secondary N) is 1. The molecule has 0 saturated carbocycles. The minimum absolute atomic E-state index is 0.00591. The Bertz CT molecular complexity index is 1580. The SMILES string of the molecule is NC(=O)c1[nH]c2ccc(Cl)cc2c1S(=O)(=O)N1CCO[C@H](COc2ccccc2-c2ccc(F)nc2)C1. The molecule has 12 heteroatoms. The molecular formula is C25H22ClFN4O5S. The van der Waals surface area contributed by atoms with Gasteiger partial charge in [-0.05, 0) is 36.4 Å². The van der Waals surface area contributed by atoms with Gasteiger partial charge in [-0.15, -0.1) is 0 Å². The van der Waals surface area contributed by atoms with Crippen molar-refractivity contribution in [3.8, 4) is 16.9 Å². The molecule has 1 amide bonds. The number of amides is 1. The molecule has 4 aromatic rings. The Hall–Kier alpha value is -3.51. The Kier molecular flexibility index (Phi) is 6.86. The van der Waals surface area contributed by atoms with Crippen LogP contribution in [-0.4, -0.2) is 61.0 Å². The summed E-state index contributed by atoms with van der Waals surface area (Å²) in [6.07, 6.45) is 0.820. The third kappa shape index (κ3) is 5.03. The van der Waals surface area contributed by atoms with Gasteiger partial charge in [0, 0.05) is 46.3 Å². The van der Waals surface area contributed by atoms with Crippen LogP contribution in [0.4, 0.5) is 4.39 Å². The van der Waals surface area contributed by atoms with Crippen molar-refractivity contribution in [2.75, 3.05) is 26.3 Å². The Morgan fingerprint density at radius 1 is 1.24 bits per heavy atom. The van der Waals surface area contributed by atoms with E-state index in [1.807, 2.05) is 12.1 Å². The summed E-state index contributed by atoms with van der Waals surface area (Å²) in [5.74, 6) is -0.969. The first-order chi connectivity index (χ1) is 17.7. The molecule has 37 heavy (non-hydrogen) atoms. The van der Waals surface area contributed by atoms with Crippen LogP contribution in [-0.2, 0) is 14.8 Å². The van der Waals surface area contributed by atoms with Crippen molar-refractivity contribution >= 4 is 38.4 Å². The molecule has 2 aromatic carbocycles. The number of hydrogen-bond acceptors (Lipinski definition) is 6. The number of morpholine rings is 1. The predicted octanol–water partition coefficient (Wildman–Crippen LogP) is 3.59. The molecule has 1 atom stereocenters. The van der Waals surface area contributed by atoms with E-state index in [4.69, 9.17) is 26.8 Å². The van der Waals surface area contributed by atoms with Gasteiger partial charge in [-0.25, -0.2) is 13.4 Å². The number of carbonyl (C=O) groups excluding carboxylic acids is 1. The molecule has 0 unspecified atom stereocenters. The fraction of sp³-hybridized carbons (Fsp3) is 0.200. The number of para-hydroxylation sites is 1. The molecule has 5 rings (SSSR count). The molecule has 192 valence electrons. The van der Waals surface area contributed by atoms with Gasteiger partial charge in [0.25, 0.3) is 5.91 Å². The first kappa shape index (κ1) is 25.2. The quantitative estimate of drug-likeness (QED) is 0.342. The fourth-order valence-corrected chi connectivity index (χ4v) is 6.23. The van der Waals surface area contributed by atoms with E-state index in [1.165, 1.54) is 22.6 Å². The number of halogens is 2. The summed E-state index contributed by atoms with van der Waals surface area (Å²) in [5, 5.41) is 0.602. The number of fused-ring (bicyclic) bond motifs is 1. The lowest BCUT2D eigenvalue weighted by Crippen LogP contribution is -2.47. The van der Waals surface area contributed by atoms with Gasteiger partial charge in [0.15, 0.2) is 0 Å². The number of rotatable bonds is 7. The number of hydrogen-bond donors (Lipinski definition) is 2. The van der Waals surface area contributed by atoms with Crippen molar-refractivity contribution in [2.45, 2.75) is 11.0 Å². The third-order valence-corrected chi connectivity index (χ3v) is 8.20. The smallest absolute Gasteiger partial charge is 0.266 e. The van der Waals surface area contributed by atoms with Gasteiger partial charge in [0.2, 0.25) is 16.0 Å². The lowest BCUT2D eigenvalue weighted by atomic mass is 10.1. The number of ether oxygens (including phenoxy) is 2. The van der Waals surface area contributed by atoms with Crippen LogP contribution in [0.5, 0.6) is 5.75 Å². The van der Waals surface area contributed by atoms with E-state index < -0.39 is 28.0 Å². The summed E-state index contributed by atoms with van der Waals surface area (Å²) in [6, 6.07) is 14.7. The number of H-pyrrole nitrogens is 1. The first-order valence-electron chi connectivity index (χ1n) is 11.3. The van der Waals surface area contributed by atoms with Crippen molar-refractivity contribution in [2.24, 2.45) is 5.73 Å². The zero-order valence-corrected chi connectivity index (χ0v) is 20.9. The van der Waals surface area contributed by atoms with E-state index in [2.05, 4.69) is 9.97 Å². The number of benzene rings is 2. The van der Waals surface area contributed by atoms with Crippen molar-refractivity contribution in [3.05, 3.63) is 77.5 Å². The number of primary amides is 1. The summed E-state index contributed by atoms with van der Waals surface area (Å²) in [4.78, 5) is 18.4. The van der Waals surface area contributed by atoms with Crippen LogP contribution in [0.25, 0.3) is 22.0 Å². The van der Waals surface area contributed by atoms with Gasteiger partial charge >= 0.3 is 0 Å². The molecule has 3 heterocycles. The molecule has 1 aliphatic heterocycles. The van der Waals surface area contributed by atoms with E-state index in [0.29, 0.717) is 27.4 Å². The van der Waals surface area contributed by atoms with Crippen LogP contribution in [0.1, 0.15) is 10.5 Å². The van der Waals surface area contributed by atoms with Gasteiger partial charge in [0.1, 0.15) is 29.0 Å². The Morgan fingerprint density at radius 2 is 2.05 bits per heavy atom. The Morgan fingerprint density at radius 3 is 2.81 bits per heavy atom. The standard InChI is InChI=1S/C25H22ClFN4O5S/c26-16-6-7-20-19(11-16)24(23(30-20)25(28)32)37(33,34)31-9-10-35-17(13-31)14-36-21-4-2-1-3-18(21)15-5-8-22(27)29-12-15/h1-8,11-12,17,30H,9-10,13-14H2,(H2,28,32)/t17-/m0/s1. The van der Waals surface area contributed by atoms with Gasteiger partial charge < -0.3 is 20.2 Å². The van der Waals surface area contributed by atoms with Crippen molar-refractivity contribution in [1.29, 1.82) is 0 Å². The highest BCUT2D eigenvalue weighted by Crippen LogP contribution is 2.33. The lowest BCUT2D eigenvalue weighted by Gasteiger charge is -2.32. The molecule has 0 bridgehead atoms. The topological polar surface area (TPSA) is 128 Å².